The van der Waals surface area contributed by atoms with Crippen molar-refractivity contribution in [3.8, 4) is 10.6 Å². The van der Waals surface area contributed by atoms with E-state index in [1.807, 2.05) is 0 Å². The van der Waals surface area contributed by atoms with E-state index in [2.05, 4.69) is 67.5 Å². The average Bonchev–Trinajstić information content (AvgIpc) is 2.86. The zero-order valence-corrected chi connectivity index (χ0v) is 13.5. The molecule has 0 amide bonds. The molecule has 108 valence electrons. The van der Waals surface area contributed by atoms with E-state index in [-0.39, 0.29) is 5.54 Å². The average molecular weight is 289 g/mol. The predicted molar refractivity (Wildman–Crippen MR) is 86.2 cm³/mol. The summed E-state index contributed by atoms with van der Waals surface area (Å²) >= 11 is 1.70. The molecule has 1 aromatic carbocycles. The van der Waals surface area contributed by atoms with Crippen LogP contribution in [-0.2, 0) is 12.8 Å². The van der Waals surface area contributed by atoms with E-state index in [0.29, 0.717) is 0 Å². The first-order chi connectivity index (χ1) is 9.49. The van der Waals surface area contributed by atoms with Gasteiger partial charge in [0.25, 0.3) is 0 Å². The first kappa shape index (κ1) is 15.1. The normalized spacial score (nSPS) is 11.8. The topological polar surface area (TPSA) is 37.8 Å². The van der Waals surface area contributed by atoms with Crippen molar-refractivity contribution >= 4 is 11.3 Å². The van der Waals surface area contributed by atoms with Gasteiger partial charge in [-0.05, 0) is 32.8 Å². The van der Waals surface area contributed by atoms with Gasteiger partial charge in [-0.2, -0.15) is 0 Å². The summed E-state index contributed by atoms with van der Waals surface area (Å²) in [5.41, 5.74) is 2.72. The second-order valence-electron chi connectivity index (χ2n) is 5.94. The third-order valence-electron chi connectivity index (χ3n) is 3.09. The Hall–Kier alpha value is -1.26. The van der Waals surface area contributed by atoms with Crippen molar-refractivity contribution in [3.05, 3.63) is 34.8 Å². The number of hydrogen-bond donors (Lipinski definition) is 1. The highest BCUT2D eigenvalue weighted by Gasteiger charge is 2.11. The van der Waals surface area contributed by atoms with Crippen molar-refractivity contribution in [1.29, 1.82) is 0 Å². The zero-order chi connectivity index (χ0) is 14.6. The second kappa shape index (κ2) is 6.46. The quantitative estimate of drug-likeness (QED) is 0.912. The highest BCUT2D eigenvalue weighted by Crippen LogP contribution is 2.27. The van der Waals surface area contributed by atoms with E-state index in [1.54, 1.807) is 11.3 Å². The van der Waals surface area contributed by atoms with Gasteiger partial charge in [0.05, 0.1) is 0 Å². The van der Waals surface area contributed by atoms with Crippen molar-refractivity contribution in [2.75, 3.05) is 6.54 Å². The molecule has 3 nitrogen and oxygen atoms in total. The van der Waals surface area contributed by atoms with Gasteiger partial charge in [-0.15, -0.1) is 10.2 Å². The maximum Gasteiger partial charge on any atom is 0.148 e. The monoisotopic (exact) mass is 289 g/mol. The highest BCUT2D eigenvalue weighted by atomic mass is 32.1. The maximum absolute atomic E-state index is 4.35. The Balaban J connectivity index is 2.05. The first-order valence-electron chi connectivity index (χ1n) is 7.15. The van der Waals surface area contributed by atoms with Crippen LogP contribution in [0.1, 0.15) is 38.3 Å². The minimum Gasteiger partial charge on any atom is -0.312 e. The molecule has 4 heteroatoms. The summed E-state index contributed by atoms with van der Waals surface area (Å²) < 4.78 is 0. The van der Waals surface area contributed by atoms with Crippen LogP contribution >= 0.6 is 11.3 Å². The molecule has 1 aromatic heterocycles. The molecule has 0 atom stereocenters. The third kappa shape index (κ3) is 4.12. The molecule has 1 N–H and O–H groups in total. The fraction of sp³-hybridized carbons (Fsp3) is 0.500. The van der Waals surface area contributed by atoms with Crippen LogP contribution in [0.2, 0.25) is 0 Å². The number of hydrogen-bond acceptors (Lipinski definition) is 4. The molecule has 20 heavy (non-hydrogen) atoms. The predicted octanol–water partition coefficient (Wildman–Crippen LogP) is 3.70. The van der Waals surface area contributed by atoms with Gasteiger partial charge in [-0.25, -0.2) is 0 Å². The Morgan fingerprint density at radius 2 is 1.90 bits per heavy atom. The maximum atomic E-state index is 4.35. The van der Waals surface area contributed by atoms with Crippen molar-refractivity contribution in [1.82, 2.24) is 15.5 Å². The van der Waals surface area contributed by atoms with Gasteiger partial charge in [0.15, 0.2) is 0 Å². The van der Waals surface area contributed by atoms with Crippen molar-refractivity contribution in [2.45, 2.75) is 46.1 Å². The number of benzene rings is 1. The molecule has 1 heterocycles. The molecule has 0 spiro atoms. The summed E-state index contributed by atoms with van der Waals surface area (Å²) in [5.74, 6) is 0. The lowest BCUT2D eigenvalue weighted by Crippen LogP contribution is -2.37. The SMILES string of the molecule is CCc1ccccc1-c1nnc(CCNC(C)(C)C)s1. The minimum absolute atomic E-state index is 0.155. The van der Waals surface area contributed by atoms with Gasteiger partial charge in [0.2, 0.25) is 0 Å². The minimum atomic E-state index is 0.155. The lowest BCUT2D eigenvalue weighted by molar-refractivity contribution is 0.429. The molecule has 0 radical (unpaired) electrons. The standard InChI is InChI=1S/C16H23N3S/c1-5-12-8-6-7-9-13(12)15-19-18-14(20-15)10-11-17-16(2,3)4/h6-9,17H,5,10-11H2,1-4H3. The number of aromatic nitrogens is 2. The molecule has 0 saturated heterocycles. The zero-order valence-electron chi connectivity index (χ0n) is 12.7. The van der Waals surface area contributed by atoms with Crippen LogP contribution < -0.4 is 5.32 Å². The van der Waals surface area contributed by atoms with Gasteiger partial charge < -0.3 is 5.32 Å². The van der Waals surface area contributed by atoms with E-state index in [1.165, 1.54) is 11.1 Å². The third-order valence-corrected chi connectivity index (χ3v) is 4.11. The molecule has 0 aliphatic carbocycles. The van der Waals surface area contributed by atoms with E-state index >= 15 is 0 Å². The van der Waals surface area contributed by atoms with Gasteiger partial charge in [-0.3, -0.25) is 0 Å². The summed E-state index contributed by atoms with van der Waals surface area (Å²) in [4.78, 5) is 0. The highest BCUT2D eigenvalue weighted by molar-refractivity contribution is 7.14. The van der Waals surface area contributed by atoms with Crippen LogP contribution in [0.3, 0.4) is 0 Å². The van der Waals surface area contributed by atoms with Gasteiger partial charge in [0.1, 0.15) is 10.0 Å². The van der Waals surface area contributed by atoms with Gasteiger partial charge >= 0.3 is 0 Å². The Morgan fingerprint density at radius 1 is 1.15 bits per heavy atom. The summed E-state index contributed by atoms with van der Waals surface area (Å²) in [7, 11) is 0. The van der Waals surface area contributed by atoms with Crippen LogP contribution in [0.5, 0.6) is 0 Å². The van der Waals surface area contributed by atoms with E-state index < -0.39 is 0 Å². The second-order valence-corrected chi connectivity index (χ2v) is 7.00. The molecule has 0 fully saturated rings. The first-order valence-corrected chi connectivity index (χ1v) is 7.97. The number of nitrogens with zero attached hydrogens (tertiary/aromatic N) is 2. The van der Waals surface area contributed by atoms with Crippen molar-refractivity contribution in [3.63, 3.8) is 0 Å². The molecule has 0 bridgehead atoms. The summed E-state index contributed by atoms with van der Waals surface area (Å²) in [6.45, 7) is 9.64. The molecule has 2 rings (SSSR count). The Labute approximate surface area is 125 Å². The Bertz CT molecular complexity index is 555. The fourth-order valence-electron chi connectivity index (χ4n) is 2.05. The van der Waals surface area contributed by atoms with Gasteiger partial charge in [-0.1, -0.05) is 42.5 Å². The Morgan fingerprint density at radius 3 is 2.60 bits per heavy atom. The lowest BCUT2D eigenvalue weighted by atomic mass is 10.1. The van der Waals surface area contributed by atoms with Crippen LogP contribution in [0.4, 0.5) is 0 Å². The van der Waals surface area contributed by atoms with Crippen LogP contribution in [0, 0.1) is 0 Å². The fourth-order valence-corrected chi connectivity index (χ4v) is 2.94. The Kier molecular flexibility index (Phi) is 4.89. The van der Waals surface area contributed by atoms with Crippen LogP contribution in [-0.4, -0.2) is 22.3 Å². The van der Waals surface area contributed by atoms with E-state index in [4.69, 9.17) is 0 Å². The van der Waals surface area contributed by atoms with Crippen LogP contribution in [0.15, 0.2) is 24.3 Å². The number of rotatable bonds is 5. The lowest BCUT2D eigenvalue weighted by Gasteiger charge is -2.19. The number of nitrogens with one attached hydrogen (secondary N) is 1. The summed E-state index contributed by atoms with van der Waals surface area (Å²) in [5, 5.41) is 14.3. The largest absolute Gasteiger partial charge is 0.312 e. The van der Waals surface area contributed by atoms with E-state index in [9.17, 15) is 0 Å². The molecule has 0 aliphatic rings. The molecular formula is C16H23N3S. The van der Waals surface area contributed by atoms with Crippen molar-refractivity contribution in [2.24, 2.45) is 0 Å². The van der Waals surface area contributed by atoms with E-state index in [0.717, 1.165) is 29.4 Å². The van der Waals surface area contributed by atoms with Crippen LogP contribution in [0.25, 0.3) is 10.6 Å². The molecule has 0 unspecified atom stereocenters. The molecule has 0 aliphatic heterocycles. The molecular weight excluding hydrogens is 266 g/mol. The van der Waals surface area contributed by atoms with Gasteiger partial charge in [0, 0.05) is 24.1 Å². The molecule has 0 saturated carbocycles. The summed E-state index contributed by atoms with van der Waals surface area (Å²) in [6, 6.07) is 8.45. The van der Waals surface area contributed by atoms with Crippen molar-refractivity contribution < 1.29 is 0 Å². The smallest absolute Gasteiger partial charge is 0.148 e. The molecule has 2 aromatic rings. The summed E-state index contributed by atoms with van der Waals surface area (Å²) in [6.07, 6.45) is 1.96. The number of aryl methyl sites for hydroxylation is 1.